The van der Waals surface area contributed by atoms with E-state index >= 15 is 0 Å². The summed E-state index contributed by atoms with van der Waals surface area (Å²) in [6.07, 6.45) is 2.41. The molecule has 0 unspecified atom stereocenters. The van der Waals surface area contributed by atoms with Crippen LogP contribution in [-0.2, 0) is 13.0 Å². The molecule has 4 aromatic rings. The van der Waals surface area contributed by atoms with E-state index < -0.39 is 0 Å². The zero-order valence-electron chi connectivity index (χ0n) is 15.2. The van der Waals surface area contributed by atoms with Crippen LogP contribution >= 0.6 is 0 Å². The topological polar surface area (TPSA) is 22.0 Å². The highest BCUT2D eigenvalue weighted by Crippen LogP contribution is 2.13. The highest BCUT2D eigenvalue weighted by molar-refractivity contribution is 5.82. The molecule has 0 amide bonds. The van der Waals surface area contributed by atoms with Gasteiger partial charge in [0.05, 0.1) is 6.54 Å². The van der Waals surface area contributed by atoms with Crippen LogP contribution in [-0.4, -0.2) is 4.57 Å². The fraction of sp³-hybridized carbons (Fsp3) is 0.0800. The molecular formula is C25H18FNO. The highest BCUT2D eigenvalue weighted by Gasteiger charge is 2.05. The molecule has 0 fully saturated rings. The summed E-state index contributed by atoms with van der Waals surface area (Å²) in [7, 11) is 0. The smallest absolute Gasteiger partial charge is 0.258 e. The van der Waals surface area contributed by atoms with Gasteiger partial charge in [-0.15, -0.1) is 0 Å². The SMILES string of the molecule is O=c1c2cc(C#CCc3ccccc3)ccc2ccn1Cc1cccc(F)c1. The van der Waals surface area contributed by atoms with Crippen LogP contribution in [0.5, 0.6) is 0 Å². The van der Waals surface area contributed by atoms with E-state index in [1.54, 1.807) is 16.8 Å². The Kier molecular flexibility index (Phi) is 5.03. The lowest BCUT2D eigenvalue weighted by Gasteiger charge is -2.08. The Morgan fingerprint density at radius 3 is 2.50 bits per heavy atom. The Bertz CT molecular complexity index is 1250. The van der Waals surface area contributed by atoms with Gasteiger partial charge >= 0.3 is 0 Å². The number of pyridine rings is 1. The summed E-state index contributed by atoms with van der Waals surface area (Å²) in [4.78, 5) is 12.9. The zero-order chi connectivity index (χ0) is 19.3. The molecule has 3 heteroatoms. The molecule has 3 aromatic carbocycles. The summed E-state index contributed by atoms with van der Waals surface area (Å²) in [5.41, 5.74) is 2.62. The number of nitrogens with zero attached hydrogens (tertiary/aromatic N) is 1. The van der Waals surface area contributed by atoms with E-state index in [0.717, 1.165) is 22.1 Å². The van der Waals surface area contributed by atoms with Gasteiger partial charge in [-0.3, -0.25) is 4.79 Å². The first kappa shape index (κ1) is 17.8. The van der Waals surface area contributed by atoms with E-state index in [-0.39, 0.29) is 11.4 Å². The first-order valence-corrected chi connectivity index (χ1v) is 9.09. The maximum absolute atomic E-state index is 13.4. The number of aromatic nitrogens is 1. The van der Waals surface area contributed by atoms with E-state index in [1.807, 2.05) is 60.7 Å². The fourth-order valence-electron chi connectivity index (χ4n) is 3.16. The molecule has 2 nitrogen and oxygen atoms in total. The van der Waals surface area contributed by atoms with Crippen LogP contribution in [0.4, 0.5) is 4.39 Å². The number of halogens is 1. The molecule has 1 heterocycles. The van der Waals surface area contributed by atoms with Crippen LogP contribution < -0.4 is 5.56 Å². The summed E-state index contributed by atoms with van der Waals surface area (Å²) in [6.45, 7) is 0.330. The third-order valence-corrected chi connectivity index (χ3v) is 4.59. The van der Waals surface area contributed by atoms with E-state index in [9.17, 15) is 9.18 Å². The quantitative estimate of drug-likeness (QED) is 0.478. The predicted octanol–water partition coefficient (Wildman–Crippen LogP) is 4.78. The highest BCUT2D eigenvalue weighted by atomic mass is 19.1. The Morgan fingerprint density at radius 1 is 0.857 bits per heavy atom. The van der Waals surface area contributed by atoms with Crippen molar-refractivity contribution in [3.05, 3.63) is 118 Å². The lowest BCUT2D eigenvalue weighted by atomic mass is 10.1. The second kappa shape index (κ2) is 7.94. The molecule has 4 rings (SSSR count). The van der Waals surface area contributed by atoms with Crippen molar-refractivity contribution >= 4 is 10.8 Å². The van der Waals surface area contributed by atoms with Crippen molar-refractivity contribution in [2.24, 2.45) is 0 Å². The summed E-state index contributed by atoms with van der Waals surface area (Å²) >= 11 is 0. The van der Waals surface area contributed by atoms with Crippen molar-refractivity contribution in [1.82, 2.24) is 4.57 Å². The Hall–Kier alpha value is -3.64. The molecule has 1 aromatic heterocycles. The zero-order valence-corrected chi connectivity index (χ0v) is 15.2. The van der Waals surface area contributed by atoms with Crippen molar-refractivity contribution in [1.29, 1.82) is 0 Å². The van der Waals surface area contributed by atoms with Crippen LogP contribution in [0.15, 0.2) is 89.9 Å². The lowest BCUT2D eigenvalue weighted by molar-refractivity contribution is 0.623. The maximum atomic E-state index is 13.4. The average Bonchev–Trinajstić information content (AvgIpc) is 2.71. The van der Waals surface area contributed by atoms with Gasteiger partial charge in [0.1, 0.15) is 5.82 Å². The minimum Gasteiger partial charge on any atom is -0.311 e. The lowest BCUT2D eigenvalue weighted by Crippen LogP contribution is -2.20. The molecule has 0 N–H and O–H groups in total. The summed E-state index contributed by atoms with van der Waals surface area (Å²) in [5, 5.41) is 1.49. The second-order valence-electron chi connectivity index (χ2n) is 6.64. The van der Waals surface area contributed by atoms with E-state index in [2.05, 4.69) is 11.8 Å². The largest absolute Gasteiger partial charge is 0.311 e. The average molecular weight is 367 g/mol. The monoisotopic (exact) mass is 367 g/mol. The number of benzene rings is 3. The molecule has 136 valence electrons. The van der Waals surface area contributed by atoms with Gasteiger partial charge in [-0.05, 0) is 46.8 Å². The fourth-order valence-corrected chi connectivity index (χ4v) is 3.16. The second-order valence-corrected chi connectivity index (χ2v) is 6.64. The number of hydrogen-bond acceptors (Lipinski definition) is 1. The van der Waals surface area contributed by atoms with Crippen LogP contribution in [0.2, 0.25) is 0 Å². The number of hydrogen-bond donors (Lipinski definition) is 0. The van der Waals surface area contributed by atoms with Gasteiger partial charge in [0.2, 0.25) is 0 Å². The van der Waals surface area contributed by atoms with Crippen molar-refractivity contribution in [3.63, 3.8) is 0 Å². The molecule has 0 saturated carbocycles. The van der Waals surface area contributed by atoms with Gasteiger partial charge < -0.3 is 4.57 Å². The molecule has 0 aliphatic carbocycles. The van der Waals surface area contributed by atoms with E-state index in [4.69, 9.17) is 0 Å². The maximum Gasteiger partial charge on any atom is 0.258 e. The normalized spacial score (nSPS) is 10.5. The predicted molar refractivity (Wildman–Crippen MR) is 111 cm³/mol. The van der Waals surface area contributed by atoms with Gasteiger partial charge in [0, 0.05) is 23.6 Å². The van der Waals surface area contributed by atoms with Crippen LogP contribution in [0.1, 0.15) is 16.7 Å². The minimum atomic E-state index is -0.303. The molecule has 0 bridgehead atoms. The molecule has 28 heavy (non-hydrogen) atoms. The van der Waals surface area contributed by atoms with Gasteiger partial charge in [0.25, 0.3) is 5.56 Å². The van der Waals surface area contributed by atoms with Crippen molar-refractivity contribution in [2.45, 2.75) is 13.0 Å². The molecule has 0 radical (unpaired) electrons. The summed E-state index contributed by atoms with van der Waals surface area (Å²) < 4.78 is 15.0. The molecule has 0 aliphatic rings. The van der Waals surface area contributed by atoms with Crippen LogP contribution in [0, 0.1) is 17.7 Å². The first-order chi connectivity index (χ1) is 13.7. The Morgan fingerprint density at radius 2 is 1.68 bits per heavy atom. The van der Waals surface area contributed by atoms with Gasteiger partial charge in [0.15, 0.2) is 0 Å². The first-order valence-electron chi connectivity index (χ1n) is 9.09. The van der Waals surface area contributed by atoms with E-state index in [0.29, 0.717) is 18.4 Å². The van der Waals surface area contributed by atoms with Crippen molar-refractivity contribution < 1.29 is 4.39 Å². The third-order valence-electron chi connectivity index (χ3n) is 4.59. The van der Waals surface area contributed by atoms with Gasteiger partial charge in [-0.1, -0.05) is 60.4 Å². The van der Waals surface area contributed by atoms with Crippen LogP contribution in [0.25, 0.3) is 10.8 Å². The minimum absolute atomic E-state index is 0.103. The molecular weight excluding hydrogens is 349 g/mol. The van der Waals surface area contributed by atoms with Crippen molar-refractivity contribution in [2.75, 3.05) is 0 Å². The molecule has 0 atom stereocenters. The Labute approximate surface area is 162 Å². The summed E-state index contributed by atoms with van der Waals surface area (Å²) in [5.74, 6) is 6.00. The molecule has 0 aliphatic heterocycles. The Balaban J connectivity index is 1.63. The molecule has 0 saturated heterocycles. The van der Waals surface area contributed by atoms with Gasteiger partial charge in [-0.2, -0.15) is 0 Å². The van der Waals surface area contributed by atoms with Gasteiger partial charge in [-0.25, -0.2) is 4.39 Å². The number of fused-ring (bicyclic) bond motifs is 1. The van der Waals surface area contributed by atoms with E-state index in [1.165, 1.54) is 12.1 Å². The van der Waals surface area contributed by atoms with Crippen molar-refractivity contribution in [3.8, 4) is 11.8 Å². The number of rotatable bonds is 3. The van der Waals surface area contributed by atoms with Crippen LogP contribution in [0.3, 0.4) is 0 Å². The third kappa shape index (κ3) is 4.02. The summed E-state index contributed by atoms with van der Waals surface area (Å²) in [6, 6.07) is 23.9. The molecule has 0 spiro atoms. The standard InChI is InChI=1S/C25H18FNO/c26-23-11-5-10-21(16-23)18-27-15-14-22-13-12-20(17-24(22)25(27)28)9-4-8-19-6-2-1-3-7-19/h1-3,5-7,10-17H,8,18H2.